The van der Waals surface area contributed by atoms with Crippen LogP contribution in [0, 0.1) is 0 Å². The Bertz CT molecular complexity index is 260. The molecule has 2 N–H and O–H groups in total. The fourth-order valence-corrected chi connectivity index (χ4v) is 1.41. The molecular formula is C8H13N3. The van der Waals surface area contributed by atoms with Gasteiger partial charge in [0.05, 0.1) is 0 Å². The van der Waals surface area contributed by atoms with E-state index in [0.717, 1.165) is 12.5 Å². The minimum absolute atomic E-state index is 0.661. The molecule has 0 bridgehead atoms. The van der Waals surface area contributed by atoms with Crippen molar-refractivity contribution >= 4 is 5.82 Å². The van der Waals surface area contributed by atoms with Gasteiger partial charge in [-0.05, 0) is 19.8 Å². The number of hydrogen-bond acceptors (Lipinski definition) is 2. The summed E-state index contributed by atoms with van der Waals surface area (Å²) in [5.41, 5.74) is 6.91. The Kier molecular flexibility index (Phi) is 1.37. The molecular weight excluding hydrogens is 138 g/mol. The quantitative estimate of drug-likeness (QED) is 0.693. The van der Waals surface area contributed by atoms with Crippen molar-refractivity contribution in [2.45, 2.75) is 32.2 Å². The van der Waals surface area contributed by atoms with E-state index in [1.54, 1.807) is 0 Å². The second-order valence-corrected chi connectivity index (χ2v) is 3.08. The first-order valence-electron chi connectivity index (χ1n) is 4.14. The number of aromatic nitrogens is 2. The summed E-state index contributed by atoms with van der Waals surface area (Å²) in [7, 11) is 0. The van der Waals surface area contributed by atoms with Gasteiger partial charge in [-0.3, -0.25) is 4.68 Å². The summed E-state index contributed by atoms with van der Waals surface area (Å²) in [5, 5.41) is 4.18. The zero-order chi connectivity index (χ0) is 7.84. The Labute approximate surface area is 66.2 Å². The minimum Gasteiger partial charge on any atom is -0.382 e. The van der Waals surface area contributed by atoms with Crippen LogP contribution in [0.5, 0.6) is 0 Å². The van der Waals surface area contributed by atoms with Crippen molar-refractivity contribution in [1.29, 1.82) is 0 Å². The molecule has 2 rings (SSSR count). The van der Waals surface area contributed by atoms with Gasteiger partial charge in [0.1, 0.15) is 5.82 Å². The van der Waals surface area contributed by atoms with Crippen molar-refractivity contribution in [1.82, 2.24) is 9.78 Å². The average Bonchev–Trinajstić information content (AvgIpc) is 2.75. The molecule has 0 radical (unpaired) electrons. The van der Waals surface area contributed by atoms with Crippen LogP contribution in [0.15, 0.2) is 6.07 Å². The first kappa shape index (κ1) is 6.70. The van der Waals surface area contributed by atoms with Gasteiger partial charge in [-0.2, -0.15) is 5.10 Å². The van der Waals surface area contributed by atoms with Crippen molar-refractivity contribution < 1.29 is 0 Å². The summed E-state index contributed by atoms with van der Waals surface area (Å²) >= 11 is 0. The van der Waals surface area contributed by atoms with Gasteiger partial charge in [0, 0.05) is 24.2 Å². The molecule has 1 aromatic rings. The molecule has 0 spiro atoms. The third-order valence-electron chi connectivity index (χ3n) is 2.13. The first-order chi connectivity index (χ1) is 5.31. The number of rotatable bonds is 2. The van der Waals surface area contributed by atoms with Gasteiger partial charge in [-0.15, -0.1) is 0 Å². The van der Waals surface area contributed by atoms with Crippen molar-refractivity contribution in [3.8, 4) is 0 Å². The van der Waals surface area contributed by atoms with Gasteiger partial charge in [0.15, 0.2) is 0 Å². The second kappa shape index (κ2) is 2.26. The molecule has 1 heterocycles. The Balaban J connectivity index is 2.34. The largest absolute Gasteiger partial charge is 0.382 e. The van der Waals surface area contributed by atoms with Gasteiger partial charge in [-0.25, -0.2) is 0 Å². The number of nitrogens with zero attached hydrogens (tertiary/aromatic N) is 2. The third-order valence-corrected chi connectivity index (χ3v) is 2.13. The van der Waals surface area contributed by atoms with Crippen molar-refractivity contribution in [2.75, 3.05) is 5.73 Å². The van der Waals surface area contributed by atoms with E-state index in [0.29, 0.717) is 5.82 Å². The molecule has 1 aliphatic rings. The van der Waals surface area contributed by atoms with Gasteiger partial charge in [-0.1, -0.05) is 0 Å². The molecule has 0 aromatic carbocycles. The van der Waals surface area contributed by atoms with Crippen molar-refractivity contribution in [3.05, 3.63) is 11.8 Å². The van der Waals surface area contributed by atoms with Gasteiger partial charge >= 0.3 is 0 Å². The van der Waals surface area contributed by atoms with Crippen LogP contribution in [0.25, 0.3) is 0 Å². The molecule has 1 aliphatic carbocycles. The predicted molar refractivity (Wildman–Crippen MR) is 44.3 cm³/mol. The van der Waals surface area contributed by atoms with Crippen LogP contribution in [-0.4, -0.2) is 9.78 Å². The van der Waals surface area contributed by atoms with Crippen LogP contribution in [0.2, 0.25) is 0 Å². The summed E-state index contributed by atoms with van der Waals surface area (Å²) in [6.45, 7) is 3.03. The molecule has 0 atom stereocenters. The minimum atomic E-state index is 0.661. The number of nitrogens with two attached hydrogens (primary N) is 1. The highest BCUT2D eigenvalue weighted by Gasteiger charge is 2.27. The van der Waals surface area contributed by atoms with Gasteiger partial charge < -0.3 is 5.73 Å². The van der Waals surface area contributed by atoms with E-state index >= 15 is 0 Å². The SMILES string of the molecule is CCn1nc(N)cc1C1CC1. The van der Waals surface area contributed by atoms with E-state index in [1.807, 2.05) is 10.7 Å². The Morgan fingerprint density at radius 3 is 3.00 bits per heavy atom. The van der Waals surface area contributed by atoms with Gasteiger partial charge in [0.2, 0.25) is 0 Å². The maximum atomic E-state index is 5.59. The number of aryl methyl sites for hydroxylation is 1. The lowest BCUT2D eigenvalue weighted by Crippen LogP contribution is -2.01. The fourth-order valence-electron chi connectivity index (χ4n) is 1.41. The van der Waals surface area contributed by atoms with E-state index in [-0.39, 0.29) is 0 Å². The average molecular weight is 151 g/mol. The van der Waals surface area contributed by atoms with E-state index in [2.05, 4.69) is 12.0 Å². The summed E-state index contributed by atoms with van der Waals surface area (Å²) < 4.78 is 2.01. The van der Waals surface area contributed by atoms with E-state index < -0.39 is 0 Å². The molecule has 60 valence electrons. The van der Waals surface area contributed by atoms with E-state index in [9.17, 15) is 0 Å². The second-order valence-electron chi connectivity index (χ2n) is 3.08. The zero-order valence-electron chi connectivity index (χ0n) is 6.75. The van der Waals surface area contributed by atoms with Crippen LogP contribution < -0.4 is 5.73 Å². The highest BCUT2D eigenvalue weighted by atomic mass is 15.3. The zero-order valence-corrected chi connectivity index (χ0v) is 6.75. The molecule has 0 saturated heterocycles. The molecule has 3 heteroatoms. The molecule has 3 nitrogen and oxygen atoms in total. The molecule has 11 heavy (non-hydrogen) atoms. The van der Waals surface area contributed by atoms with Crippen LogP contribution in [0.1, 0.15) is 31.4 Å². The summed E-state index contributed by atoms with van der Waals surface area (Å²) in [5.74, 6) is 1.41. The van der Waals surface area contributed by atoms with Crippen LogP contribution in [-0.2, 0) is 6.54 Å². The summed E-state index contributed by atoms with van der Waals surface area (Å²) in [6.07, 6.45) is 2.62. The van der Waals surface area contributed by atoms with E-state index in [1.165, 1.54) is 18.5 Å². The summed E-state index contributed by atoms with van der Waals surface area (Å²) in [6, 6.07) is 2.00. The lowest BCUT2D eigenvalue weighted by Gasteiger charge is -2.00. The topological polar surface area (TPSA) is 43.8 Å². The predicted octanol–water partition coefficient (Wildman–Crippen LogP) is 1.36. The molecule has 0 aliphatic heterocycles. The maximum Gasteiger partial charge on any atom is 0.145 e. The molecule has 1 saturated carbocycles. The third kappa shape index (κ3) is 1.11. The molecule has 1 fully saturated rings. The lowest BCUT2D eigenvalue weighted by atomic mass is 10.3. The number of nitrogen functional groups attached to an aromatic ring is 1. The number of hydrogen-bond donors (Lipinski definition) is 1. The standard InChI is InChI=1S/C8H13N3/c1-2-11-7(6-3-4-6)5-8(9)10-11/h5-6H,2-4H2,1H3,(H2,9,10). The van der Waals surface area contributed by atoms with E-state index in [4.69, 9.17) is 5.73 Å². The van der Waals surface area contributed by atoms with Crippen molar-refractivity contribution in [3.63, 3.8) is 0 Å². The molecule has 0 unspecified atom stereocenters. The van der Waals surface area contributed by atoms with Crippen LogP contribution in [0.3, 0.4) is 0 Å². The van der Waals surface area contributed by atoms with Gasteiger partial charge in [0.25, 0.3) is 0 Å². The first-order valence-corrected chi connectivity index (χ1v) is 4.14. The maximum absolute atomic E-state index is 5.59. The molecule has 0 amide bonds. The smallest absolute Gasteiger partial charge is 0.145 e. The van der Waals surface area contributed by atoms with Crippen LogP contribution in [0.4, 0.5) is 5.82 Å². The lowest BCUT2D eigenvalue weighted by molar-refractivity contribution is 0.625. The summed E-state index contributed by atoms with van der Waals surface area (Å²) in [4.78, 5) is 0. The fraction of sp³-hybridized carbons (Fsp3) is 0.625. The van der Waals surface area contributed by atoms with Crippen molar-refractivity contribution in [2.24, 2.45) is 0 Å². The Morgan fingerprint density at radius 1 is 1.73 bits per heavy atom. The Morgan fingerprint density at radius 2 is 2.45 bits per heavy atom. The Hall–Kier alpha value is -0.990. The number of anilines is 1. The highest BCUT2D eigenvalue weighted by Crippen LogP contribution is 2.40. The highest BCUT2D eigenvalue weighted by molar-refractivity contribution is 5.32. The molecule has 1 aromatic heterocycles. The monoisotopic (exact) mass is 151 g/mol. The normalized spacial score (nSPS) is 17.2. The van der Waals surface area contributed by atoms with Crippen LogP contribution >= 0.6 is 0 Å².